The van der Waals surface area contributed by atoms with E-state index in [9.17, 15) is 4.79 Å². The molecule has 58 valence electrons. The van der Waals surface area contributed by atoms with E-state index in [1.54, 1.807) is 0 Å². The normalized spacial score (nSPS) is 41.8. The van der Waals surface area contributed by atoms with E-state index in [4.69, 9.17) is 5.73 Å². The van der Waals surface area contributed by atoms with Crippen molar-refractivity contribution in [3.05, 3.63) is 0 Å². The van der Waals surface area contributed by atoms with Crippen molar-refractivity contribution < 1.29 is 4.79 Å². The molecule has 3 atom stereocenters. The third kappa shape index (κ3) is 0.995. The number of amides is 1. The Kier molecular flexibility index (Phi) is 1.88. The van der Waals surface area contributed by atoms with Crippen LogP contribution in [0.1, 0.15) is 6.42 Å². The first-order valence-electron chi connectivity index (χ1n) is 3.32. The van der Waals surface area contributed by atoms with Crippen LogP contribution in [0.5, 0.6) is 0 Å². The molecule has 2 aliphatic rings. The van der Waals surface area contributed by atoms with Crippen molar-refractivity contribution in [3.8, 4) is 0 Å². The summed E-state index contributed by atoms with van der Waals surface area (Å²) >= 11 is 0. The molecule has 0 radical (unpaired) electrons. The van der Waals surface area contributed by atoms with Crippen LogP contribution < -0.4 is 11.1 Å². The van der Waals surface area contributed by atoms with Gasteiger partial charge in [0.1, 0.15) is 0 Å². The van der Waals surface area contributed by atoms with E-state index in [-0.39, 0.29) is 24.4 Å². The number of piperidine rings is 1. The quantitative estimate of drug-likeness (QED) is 0.547. The van der Waals surface area contributed by atoms with Crippen LogP contribution in [0.25, 0.3) is 0 Å². The molecule has 0 bridgehead atoms. The predicted molar refractivity (Wildman–Crippen MR) is 39.8 cm³/mol. The lowest BCUT2D eigenvalue weighted by molar-refractivity contribution is -0.120. The Labute approximate surface area is 65.8 Å². The van der Waals surface area contributed by atoms with Gasteiger partial charge in [-0.1, -0.05) is 0 Å². The number of carbonyl (C=O) groups excluding carboxylic acids is 1. The first-order valence-corrected chi connectivity index (χ1v) is 3.32. The highest BCUT2D eigenvalue weighted by Crippen LogP contribution is 2.44. The lowest BCUT2D eigenvalue weighted by Crippen LogP contribution is -2.39. The molecule has 10 heavy (non-hydrogen) atoms. The second kappa shape index (κ2) is 2.40. The number of rotatable bonds is 1. The molecule has 3 nitrogen and oxygen atoms in total. The van der Waals surface area contributed by atoms with Crippen molar-refractivity contribution in [2.45, 2.75) is 12.5 Å². The SMILES string of the molecule is Cl.NC(=O)C1NCC2CC21. The van der Waals surface area contributed by atoms with Gasteiger partial charge in [0.15, 0.2) is 0 Å². The second-order valence-electron chi connectivity index (χ2n) is 2.95. The van der Waals surface area contributed by atoms with Gasteiger partial charge in [0.05, 0.1) is 6.04 Å². The Morgan fingerprint density at radius 1 is 1.60 bits per heavy atom. The monoisotopic (exact) mass is 162 g/mol. The van der Waals surface area contributed by atoms with E-state index in [0.29, 0.717) is 5.92 Å². The Hall–Kier alpha value is -0.280. The van der Waals surface area contributed by atoms with Crippen LogP contribution in [-0.2, 0) is 4.79 Å². The van der Waals surface area contributed by atoms with Gasteiger partial charge in [0, 0.05) is 0 Å². The highest BCUT2D eigenvalue weighted by atomic mass is 35.5. The van der Waals surface area contributed by atoms with Crippen LogP contribution in [0.2, 0.25) is 0 Å². The zero-order valence-electron chi connectivity index (χ0n) is 5.54. The molecular formula is C6H11ClN2O. The Morgan fingerprint density at radius 2 is 2.30 bits per heavy atom. The summed E-state index contributed by atoms with van der Waals surface area (Å²) in [5.41, 5.74) is 5.11. The van der Waals surface area contributed by atoms with Gasteiger partial charge in [0.25, 0.3) is 0 Å². The van der Waals surface area contributed by atoms with Crippen LogP contribution in [0.3, 0.4) is 0 Å². The first kappa shape index (κ1) is 7.82. The van der Waals surface area contributed by atoms with Gasteiger partial charge in [-0.25, -0.2) is 0 Å². The third-order valence-corrected chi connectivity index (χ3v) is 2.31. The maximum absolute atomic E-state index is 10.6. The summed E-state index contributed by atoms with van der Waals surface area (Å²) < 4.78 is 0. The molecule has 0 aromatic heterocycles. The average Bonchev–Trinajstić information content (AvgIpc) is 2.43. The highest BCUT2D eigenvalue weighted by Gasteiger charge is 2.50. The average molecular weight is 163 g/mol. The largest absolute Gasteiger partial charge is 0.368 e. The highest BCUT2D eigenvalue weighted by molar-refractivity contribution is 5.85. The molecule has 0 aromatic rings. The summed E-state index contributed by atoms with van der Waals surface area (Å²) in [5.74, 6) is 1.17. The summed E-state index contributed by atoms with van der Waals surface area (Å²) in [5, 5.41) is 3.08. The molecule has 4 heteroatoms. The van der Waals surface area contributed by atoms with Gasteiger partial charge in [-0.05, 0) is 24.8 Å². The summed E-state index contributed by atoms with van der Waals surface area (Å²) in [4.78, 5) is 10.6. The number of nitrogens with two attached hydrogens (primary N) is 1. The van der Waals surface area contributed by atoms with Crippen LogP contribution in [0.4, 0.5) is 0 Å². The van der Waals surface area contributed by atoms with E-state index in [1.165, 1.54) is 6.42 Å². The molecule has 1 heterocycles. The Morgan fingerprint density at radius 3 is 2.50 bits per heavy atom. The maximum Gasteiger partial charge on any atom is 0.234 e. The van der Waals surface area contributed by atoms with Crippen molar-refractivity contribution >= 4 is 18.3 Å². The topological polar surface area (TPSA) is 55.1 Å². The van der Waals surface area contributed by atoms with Gasteiger partial charge in [0.2, 0.25) is 5.91 Å². The molecule has 1 aliphatic heterocycles. The fourth-order valence-corrected chi connectivity index (χ4v) is 1.66. The second-order valence-corrected chi connectivity index (χ2v) is 2.95. The zero-order valence-corrected chi connectivity index (χ0v) is 6.36. The lowest BCUT2D eigenvalue weighted by atomic mass is 10.2. The van der Waals surface area contributed by atoms with Crippen LogP contribution >= 0.6 is 12.4 Å². The molecule has 2 rings (SSSR count). The van der Waals surface area contributed by atoms with E-state index in [2.05, 4.69) is 5.32 Å². The summed E-state index contributed by atoms with van der Waals surface area (Å²) in [6.45, 7) is 0.998. The molecular weight excluding hydrogens is 152 g/mol. The minimum Gasteiger partial charge on any atom is -0.368 e. The van der Waals surface area contributed by atoms with Crippen molar-refractivity contribution in [2.75, 3.05) is 6.54 Å². The number of halogens is 1. The molecule has 3 unspecified atom stereocenters. The standard InChI is InChI=1S/C6H10N2O.ClH/c7-6(9)5-4-1-3(4)2-8-5;/h3-5,8H,1-2H2,(H2,7,9);1H. The molecule has 1 amide bonds. The van der Waals surface area contributed by atoms with Crippen molar-refractivity contribution in [1.29, 1.82) is 0 Å². The summed E-state index contributed by atoms with van der Waals surface area (Å²) in [7, 11) is 0. The number of fused-ring (bicyclic) bond motifs is 1. The minimum absolute atomic E-state index is 0. The van der Waals surface area contributed by atoms with Gasteiger partial charge < -0.3 is 11.1 Å². The fourth-order valence-electron chi connectivity index (χ4n) is 1.66. The summed E-state index contributed by atoms with van der Waals surface area (Å²) in [6, 6.07) is -0.00463. The molecule has 0 aromatic carbocycles. The fraction of sp³-hybridized carbons (Fsp3) is 0.833. The van der Waals surface area contributed by atoms with Crippen molar-refractivity contribution in [1.82, 2.24) is 5.32 Å². The van der Waals surface area contributed by atoms with Gasteiger partial charge in [-0.15, -0.1) is 12.4 Å². The van der Waals surface area contributed by atoms with E-state index in [0.717, 1.165) is 12.5 Å². The Balaban J connectivity index is 0.000000500. The maximum atomic E-state index is 10.6. The zero-order chi connectivity index (χ0) is 6.43. The number of carbonyl (C=O) groups is 1. The minimum atomic E-state index is -0.181. The van der Waals surface area contributed by atoms with Gasteiger partial charge in [-0.3, -0.25) is 4.79 Å². The molecule has 0 spiro atoms. The van der Waals surface area contributed by atoms with E-state index in [1.807, 2.05) is 0 Å². The van der Waals surface area contributed by atoms with Crippen molar-refractivity contribution in [3.63, 3.8) is 0 Å². The van der Waals surface area contributed by atoms with E-state index >= 15 is 0 Å². The molecule has 1 aliphatic carbocycles. The predicted octanol–water partition coefficient (Wildman–Crippen LogP) is -0.499. The van der Waals surface area contributed by atoms with Crippen molar-refractivity contribution in [2.24, 2.45) is 17.6 Å². The number of nitrogens with one attached hydrogen (secondary N) is 1. The first-order chi connectivity index (χ1) is 4.29. The number of hydrogen-bond donors (Lipinski definition) is 2. The smallest absolute Gasteiger partial charge is 0.234 e. The lowest BCUT2D eigenvalue weighted by Gasteiger charge is -2.06. The van der Waals surface area contributed by atoms with Crippen LogP contribution in [0, 0.1) is 11.8 Å². The van der Waals surface area contributed by atoms with Crippen LogP contribution in [0.15, 0.2) is 0 Å². The van der Waals surface area contributed by atoms with Crippen LogP contribution in [-0.4, -0.2) is 18.5 Å². The van der Waals surface area contributed by atoms with Gasteiger partial charge >= 0.3 is 0 Å². The van der Waals surface area contributed by atoms with E-state index < -0.39 is 0 Å². The molecule has 2 fully saturated rings. The molecule has 3 N–H and O–H groups in total. The Bertz CT molecular complexity index is 162. The van der Waals surface area contributed by atoms with Gasteiger partial charge in [-0.2, -0.15) is 0 Å². The molecule has 1 saturated heterocycles. The third-order valence-electron chi connectivity index (χ3n) is 2.31. The molecule has 1 saturated carbocycles. The summed E-state index contributed by atoms with van der Waals surface area (Å²) in [6.07, 6.45) is 1.21. The number of primary amides is 1. The number of hydrogen-bond acceptors (Lipinski definition) is 2.